The quantitative estimate of drug-likeness (QED) is 0.405. The summed E-state index contributed by atoms with van der Waals surface area (Å²) in [5, 5.41) is 14.7. The molecule has 2 aromatic heterocycles. The third-order valence-electron chi connectivity index (χ3n) is 5.13. The standard InChI is InChI=1S/C22H20ClN5O2S/c1-14-16(20(23)28(26-14)15-8-4-3-5-9-15)13-31-22-25-24-21(27(22)2)19-12-29-17-10-6-7-11-18(17)30-19/h3-11,19H,12-13H2,1-2H3. The van der Waals surface area contributed by atoms with Crippen molar-refractivity contribution in [2.24, 2.45) is 7.05 Å². The summed E-state index contributed by atoms with van der Waals surface area (Å²) in [6.07, 6.45) is -0.312. The number of para-hydroxylation sites is 3. The molecule has 0 amide bonds. The Morgan fingerprint density at radius 2 is 1.81 bits per heavy atom. The van der Waals surface area contributed by atoms with Crippen LogP contribution in [-0.2, 0) is 12.8 Å². The van der Waals surface area contributed by atoms with Crippen LogP contribution in [0.2, 0.25) is 5.15 Å². The number of halogens is 1. The zero-order valence-electron chi connectivity index (χ0n) is 17.0. The third-order valence-corrected chi connectivity index (χ3v) is 6.57. The SMILES string of the molecule is Cc1nn(-c2ccccc2)c(Cl)c1CSc1nnc(C2COc3ccccc3O2)n1C. The highest BCUT2D eigenvalue weighted by Gasteiger charge is 2.27. The molecule has 1 aliphatic rings. The van der Waals surface area contributed by atoms with E-state index >= 15 is 0 Å². The minimum absolute atomic E-state index is 0.312. The molecule has 7 nitrogen and oxygen atoms in total. The molecule has 9 heteroatoms. The van der Waals surface area contributed by atoms with Crippen molar-refractivity contribution in [3.8, 4) is 17.2 Å². The Hall–Kier alpha value is -2.97. The second-order valence-corrected chi connectivity index (χ2v) is 8.46. The third kappa shape index (κ3) is 3.77. The van der Waals surface area contributed by atoms with E-state index in [-0.39, 0.29) is 6.10 Å². The molecule has 5 rings (SSSR count). The van der Waals surface area contributed by atoms with E-state index in [1.807, 2.05) is 73.1 Å². The maximum atomic E-state index is 6.65. The van der Waals surface area contributed by atoms with Gasteiger partial charge in [-0.3, -0.25) is 0 Å². The zero-order valence-corrected chi connectivity index (χ0v) is 18.6. The van der Waals surface area contributed by atoms with Gasteiger partial charge in [0, 0.05) is 18.4 Å². The number of rotatable bonds is 5. The molecule has 4 aromatic rings. The van der Waals surface area contributed by atoms with Crippen LogP contribution in [-0.4, -0.2) is 31.2 Å². The minimum Gasteiger partial charge on any atom is -0.485 e. The number of benzene rings is 2. The zero-order chi connectivity index (χ0) is 21.4. The Morgan fingerprint density at radius 1 is 1.06 bits per heavy atom. The van der Waals surface area contributed by atoms with Crippen molar-refractivity contribution in [3.05, 3.63) is 76.8 Å². The van der Waals surface area contributed by atoms with Gasteiger partial charge in [0.05, 0.1) is 11.4 Å². The molecule has 0 spiro atoms. The highest BCUT2D eigenvalue weighted by molar-refractivity contribution is 7.98. The van der Waals surface area contributed by atoms with Crippen LogP contribution in [0.4, 0.5) is 0 Å². The Kier molecular flexibility index (Phi) is 5.33. The molecule has 31 heavy (non-hydrogen) atoms. The van der Waals surface area contributed by atoms with Gasteiger partial charge in [0.2, 0.25) is 0 Å². The fraction of sp³-hybridized carbons (Fsp3) is 0.227. The van der Waals surface area contributed by atoms with Gasteiger partial charge in [0.25, 0.3) is 0 Å². The molecule has 1 aliphatic heterocycles. The molecule has 2 aromatic carbocycles. The largest absolute Gasteiger partial charge is 0.485 e. The van der Waals surface area contributed by atoms with Gasteiger partial charge in [-0.1, -0.05) is 53.7 Å². The fourth-order valence-electron chi connectivity index (χ4n) is 3.45. The number of hydrogen-bond acceptors (Lipinski definition) is 6. The molecule has 1 unspecified atom stereocenters. The van der Waals surface area contributed by atoms with E-state index in [1.54, 1.807) is 16.4 Å². The Balaban J connectivity index is 1.33. The lowest BCUT2D eigenvalue weighted by Gasteiger charge is -2.25. The summed E-state index contributed by atoms with van der Waals surface area (Å²) >= 11 is 8.22. The molecule has 0 radical (unpaired) electrons. The summed E-state index contributed by atoms with van der Waals surface area (Å²) in [5.74, 6) is 2.82. The van der Waals surface area contributed by atoms with Crippen LogP contribution < -0.4 is 9.47 Å². The smallest absolute Gasteiger partial charge is 0.192 e. The lowest BCUT2D eigenvalue weighted by atomic mass is 10.2. The maximum Gasteiger partial charge on any atom is 0.192 e. The molecule has 0 saturated heterocycles. The van der Waals surface area contributed by atoms with Crippen molar-refractivity contribution in [1.29, 1.82) is 0 Å². The molecule has 0 N–H and O–H groups in total. The van der Waals surface area contributed by atoms with E-state index in [4.69, 9.17) is 21.1 Å². The summed E-state index contributed by atoms with van der Waals surface area (Å²) in [4.78, 5) is 0. The first-order valence-corrected chi connectivity index (χ1v) is 11.2. The average molecular weight is 454 g/mol. The highest BCUT2D eigenvalue weighted by atomic mass is 35.5. The normalized spacial score (nSPS) is 15.3. The number of aromatic nitrogens is 5. The number of thioether (sulfide) groups is 1. The summed E-state index contributed by atoms with van der Waals surface area (Å²) in [5.41, 5.74) is 2.80. The monoisotopic (exact) mass is 453 g/mol. The summed E-state index contributed by atoms with van der Waals surface area (Å²) in [6, 6.07) is 17.5. The molecular formula is C22H20ClN5O2S. The van der Waals surface area contributed by atoms with Crippen LogP contribution in [0, 0.1) is 6.92 Å². The molecule has 158 valence electrons. The lowest BCUT2D eigenvalue weighted by Crippen LogP contribution is -2.24. The van der Waals surface area contributed by atoms with Gasteiger partial charge < -0.3 is 14.0 Å². The first kappa shape index (κ1) is 20.0. The van der Waals surface area contributed by atoms with E-state index in [0.717, 1.165) is 33.7 Å². The van der Waals surface area contributed by atoms with Crippen LogP contribution in [0.3, 0.4) is 0 Å². The molecule has 3 heterocycles. The van der Waals surface area contributed by atoms with E-state index in [1.165, 1.54) is 0 Å². The van der Waals surface area contributed by atoms with Crippen LogP contribution >= 0.6 is 23.4 Å². The lowest BCUT2D eigenvalue weighted by molar-refractivity contribution is 0.0825. The highest BCUT2D eigenvalue weighted by Crippen LogP contribution is 2.36. The van der Waals surface area contributed by atoms with Gasteiger partial charge >= 0.3 is 0 Å². The van der Waals surface area contributed by atoms with Crippen LogP contribution in [0.25, 0.3) is 5.69 Å². The van der Waals surface area contributed by atoms with Gasteiger partial charge in [-0.05, 0) is 31.2 Å². The van der Waals surface area contributed by atoms with Gasteiger partial charge in [-0.25, -0.2) is 4.68 Å². The average Bonchev–Trinajstić information content (AvgIpc) is 3.31. The minimum atomic E-state index is -0.312. The Morgan fingerprint density at radius 3 is 2.61 bits per heavy atom. The van der Waals surface area contributed by atoms with Gasteiger partial charge in [-0.2, -0.15) is 5.10 Å². The summed E-state index contributed by atoms with van der Waals surface area (Å²) < 4.78 is 15.6. The second-order valence-electron chi connectivity index (χ2n) is 7.15. The van der Waals surface area contributed by atoms with Gasteiger partial charge in [-0.15, -0.1) is 10.2 Å². The van der Waals surface area contributed by atoms with E-state index in [2.05, 4.69) is 15.3 Å². The van der Waals surface area contributed by atoms with E-state index in [0.29, 0.717) is 23.3 Å². The van der Waals surface area contributed by atoms with Crippen molar-refractivity contribution in [1.82, 2.24) is 24.5 Å². The number of hydrogen-bond donors (Lipinski definition) is 0. The first-order valence-electron chi connectivity index (χ1n) is 9.82. The summed E-state index contributed by atoms with van der Waals surface area (Å²) in [7, 11) is 1.93. The molecule has 0 saturated carbocycles. The van der Waals surface area contributed by atoms with E-state index < -0.39 is 0 Å². The van der Waals surface area contributed by atoms with Crippen molar-refractivity contribution >= 4 is 23.4 Å². The topological polar surface area (TPSA) is 67.0 Å². The predicted octanol–water partition coefficient (Wildman–Crippen LogP) is 4.77. The molecule has 0 bridgehead atoms. The second kappa shape index (κ2) is 8.28. The van der Waals surface area contributed by atoms with E-state index in [9.17, 15) is 0 Å². The van der Waals surface area contributed by atoms with Crippen molar-refractivity contribution in [2.45, 2.75) is 23.9 Å². The molecule has 0 aliphatic carbocycles. The fourth-order valence-corrected chi connectivity index (χ4v) is 4.87. The molecule has 1 atom stereocenters. The Bertz CT molecular complexity index is 1220. The molecular weight excluding hydrogens is 434 g/mol. The number of ether oxygens (including phenoxy) is 2. The van der Waals surface area contributed by atoms with Crippen molar-refractivity contribution in [2.75, 3.05) is 6.61 Å². The van der Waals surface area contributed by atoms with Gasteiger partial charge in [0.15, 0.2) is 28.6 Å². The van der Waals surface area contributed by atoms with Gasteiger partial charge in [0.1, 0.15) is 11.8 Å². The number of aryl methyl sites for hydroxylation is 1. The predicted molar refractivity (Wildman–Crippen MR) is 119 cm³/mol. The Labute approximate surface area is 189 Å². The first-order chi connectivity index (χ1) is 15.1. The van der Waals surface area contributed by atoms with Crippen LogP contribution in [0.1, 0.15) is 23.2 Å². The van der Waals surface area contributed by atoms with Crippen LogP contribution in [0.5, 0.6) is 11.5 Å². The molecule has 0 fully saturated rings. The number of fused-ring (bicyclic) bond motifs is 1. The van der Waals surface area contributed by atoms with Crippen molar-refractivity contribution in [3.63, 3.8) is 0 Å². The summed E-state index contributed by atoms with van der Waals surface area (Å²) in [6.45, 7) is 2.36. The van der Waals surface area contributed by atoms with Crippen molar-refractivity contribution < 1.29 is 9.47 Å². The number of nitrogens with zero attached hydrogens (tertiary/aromatic N) is 5. The maximum absolute atomic E-state index is 6.65. The van der Waals surface area contributed by atoms with Crippen LogP contribution in [0.15, 0.2) is 59.8 Å².